The summed E-state index contributed by atoms with van der Waals surface area (Å²) in [5.74, 6) is 0.292. The Bertz CT molecular complexity index is 2640. The highest BCUT2D eigenvalue weighted by atomic mass is 16.3. The fourth-order valence-electron chi connectivity index (χ4n) is 6.77. The molecule has 0 saturated heterocycles. The van der Waals surface area contributed by atoms with Crippen LogP contribution in [0, 0.1) is 5.92 Å². The smallest absolute Gasteiger partial charge is 0.187 e. The molecule has 1 aliphatic carbocycles. The van der Waals surface area contributed by atoms with Gasteiger partial charge in [-0.2, -0.15) is 0 Å². The minimum atomic E-state index is -0.192. The second-order valence-corrected chi connectivity index (χ2v) is 12.9. The predicted octanol–water partition coefficient (Wildman–Crippen LogP) is 9.43. The molecule has 0 fully saturated rings. The normalized spacial score (nSPS) is 11.5. The van der Waals surface area contributed by atoms with Gasteiger partial charge < -0.3 is 20.2 Å². The predicted molar refractivity (Wildman–Crippen MR) is 204 cm³/mol. The van der Waals surface area contributed by atoms with Gasteiger partial charge in [-0.05, 0) is 60.2 Å². The van der Waals surface area contributed by atoms with Gasteiger partial charge in [0.1, 0.15) is 17.1 Å². The molecule has 2 aliphatic rings. The quantitative estimate of drug-likeness (QED) is 0.103. The van der Waals surface area contributed by atoms with Crippen molar-refractivity contribution < 1.29 is 14.3 Å². The van der Waals surface area contributed by atoms with Crippen LogP contribution in [0.2, 0.25) is 0 Å². The van der Waals surface area contributed by atoms with E-state index in [4.69, 9.17) is 4.42 Å². The Morgan fingerprint density at radius 1 is 0.745 bits per heavy atom. The zero-order valence-corrected chi connectivity index (χ0v) is 28.1. The highest BCUT2D eigenvalue weighted by molar-refractivity contribution is 6.06. The number of para-hydroxylation sites is 2. The van der Waals surface area contributed by atoms with Crippen LogP contribution >= 0.6 is 0 Å². The number of aromatic nitrogens is 2. The summed E-state index contributed by atoms with van der Waals surface area (Å²) in [7, 11) is 0. The van der Waals surface area contributed by atoms with Crippen molar-refractivity contribution in [3.8, 4) is 28.2 Å². The Labute approximate surface area is 293 Å². The fraction of sp³-hybridized carbons (Fsp3) is 0.116. The molecule has 0 spiro atoms. The van der Waals surface area contributed by atoms with E-state index in [1.54, 1.807) is 30.6 Å². The second-order valence-electron chi connectivity index (χ2n) is 12.9. The zero-order chi connectivity index (χ0) is 35.1. The maximum absolute atomic E-state index is 13.7. The van der Waals surface area contributed by atoms with E-state index < -0.39 is 0 Å². The van der Waals surface area contributed by atoms with E-state index in [0.717, 1.165) is 49.7 Å². The lowest BCUT2D eigenvalue weighted by atomic mass is 9.89. The standard InChI is InChI=1S/C43H34N4O4/c1-25(2)41(50)29-11-3-10-28(22-29)38-30-16-18-36(48)32(23-46-34-14-4-8-26-12-6-20-44-39(26)34)42(30)51-43-31(38)17-19-37(49)33(43)24-47-35-15-5-9-27-13-7-21-45-40(27)35/h3-22,25,46-48H,23-24H2,1-2H3. The number of Topliss-reactive ketones (excluding diaryl/α,β-unsaturated/α-hetero) is 1. The van der Waals surface area contributed by atoms with Crippen molar-refractivity contribution in [1.29, 1.82) is 0 Å². The Kier molecular flexibility index (Phi) is 8.12. The van der Waals surface area contributed by atoms with E-state index in [2.05, 4.69) is 20.6 Å². The summed E-state index contributed by atoms with van der Waals surface area (Å²) in [4.78, 5) is 36.0. The largest absolute Gasteiger partial charge is 0.507 e. The lowest BCUT2D eigenvalue weighted by Gasteiger charge is -2.21. The number of benzene rings is 5. The number of aromatic hydroxyl groups is 1. The Morgan fingerprint density at radius 3 is 2.04 bits per heavy atom. The number of phenolic OH excluding ortho intramolecular Hbond substituents is 1. The van der Waals surface area contributed by atoms with Gasteiger partial charge in [-0.1, -0.05) is 68.4 Å². The van der Waals surface area contributed by atoms with E-state index in [-0.39, 0.29) is 36.0 Å². The van der Waals surface area contributed by atoms with Gasteiger partial charge in [0.05, 0.1) is 33.5 Å². The molecule has 1 aliphatic heterocycles. The molecule has 8 heteroatoms. The summed E-state index contributed by atoms with van der Waals surface area (Å²) in [6.45, 7) is 4.15. The molecule has 0 unspecified atom stereocenters. The van der Waals surface area contributed by atoms with Crippen LogP contribution in [0.25, 0.3) is 55.2 Å². The molecular weight excluding hydrogens is 636 g/mol. The van der Waals surface area contributed by atoms with E-state index >= 15 is 0 Å². The molecule has 3 N–H and O–H groups in total. The van der Waals surface area contributed by atoms with Crippen LogP contribution in [0.5, 0.6) is 5.75 Å². The molecule has 4 aromatic carbocycles. The highest BCUT2D eigenvalue weighted by Crippen LogP contribution is 2.44. The number of anilines is 2. The molecule has 0 atom stereocenters. The third-order valence-electron chi connectivity index (χ3n) is 9.33. The fourth-order valence-corrected chi connectivity index (χ4v) is 6.77. The van der Waals surface area contributed by atoms with Crippen molar-refractivity contribution in [2.24, 2.45) is 5.92 Å². The molecule has 51 heavy (non-hydrogen) atoms. The number of fused-ring (bicyclic) bond motifs is 4. The minimum Gasteiger partial charge on any atom is -0.507 e. The molecule has 0 saturated carbocycles. The third-order valence-corrected chi connectivity index (χ3v) is 9.33. The summed E-state index contributed by atoms with van der Waals surface area (Å²) in [6, 6.07) is 33.9. The summed E-state index contributed by atoms with van der Waals surface area (Å²) in [5.41, 5.74) is 7.29. The van der Waals surface area contributed by atoms with Gasteiger partial charge in [-0.15, -0.1) is 0 Å². The Balaban J connectivity index is 1.32. The van der Waals surface area contributed by atoms with E-state index in [1.807, 2.05) is 105 Å². The minimum absolute atomic E-state index is 0.0349. The number of phenols is 1. The van der Waals surface area contributed by atoms with Crippen LogP contribution in [-0.2, 0) is 13.1 Å². The van der Waals surface area contributed by atoms with E-state index in [1.165, 1.54) is 0 Å². The second kappa shape index (κ2) is 13.1. The van der Waals surface area contributed by atoms with Gasteiger partial charge in [-0.3, -0.25) is 19.6 Å². The van der Waals surface area contributed by atoms with Crippen molar-refractivity contribution in [2.45, 2.75) is 26.9 Å². The van der Waals surface area contributed by atoms with Gasteiger partial charge in [0.2, 0.25) is 0 Å². The Hall–Kier alpha value is -6.54. The summed E-state index contributed by atoms with van der Waals surface area (Å²) in [6.07, 6.45) is 3.49. The lowest BCUT2D eigenvalue weighted by Crippen LogP contribution is -2.15. The number of nitrogens with one attached hydrogen (secondary N) is 2. The highest BCUT2D eigenvalue weighted by Gasteiger charge is 2.25. The van der Waals surface area contributed by atoms with Gasteiger partial charge in [0.25, 0.3) is 0 Å². The number of rotatable bonds is 9. The topological polar surface area (TPSA) is 117 Å². The van der Waals surface area contributed by atoms with Gasteiger partial charge >= 0.3 is 0 Å². The van der Waals surface area contributed by atoms with Crippen molar-refractivity contribution in [2.75, 3.05) is 10.6 Å². The van der Waals surface area contributed by atoms with Crippen LogP contribution in [0.15, 0.2) is 131 Å². The zero-order valence-electron chi connectivity index (χ0n) is 28.1. The average molecular weight is 671 g/mol. The number of ketones is 1. The Morgan fingerprint density at radius 2 is 1.37 bits per heavy atom. The average Bonchev–Trinajstić information content (AvgIpc) is 3.16. The molecule has 3 heterocycles. The first kappa shape index (κ1) is 31.7. The summed E-state index contributed by atoms with van der Waals surface area (Å²) < 4.78 is 6.76. The van der Waals surface area contributed by atoms with E-state index in [0.29, 0.717) is 33.6 Å². The molecule has 8 nitrogen and oxygen atoms in total. The summed E-state index contributed by atoms with van der Waals surface area (Å²) in [5, 5.41) is 20.9. The molecule has 6 aromatic rings. The number of carbonyl (C=O) groups is 1. The molecule has 250 valence electrons. The maximum atomic E-state index is 13.7. The third kappa shape index (κ3) is 5.80. The maximum Gasteiger partial charge on any atom is 0.187 e. The number of nitrogens with zero attached hydrogens (tertiary/aromatic N) is 2. The van der Waals surface area contributed by atoms with Gasteiger partial charge in [0.15, 0.2) is 11.2 Å². The summed E-state index contributed by atoms with van der Waals surface area (Å²) >= 11 is 0. The molecule has 8 rings (SSSR count). The first-order valence-electron chi connectivity index (χ1n) is 16.9. The lowest BCUT2D eigenvalue weighted by molar-refractivity contribution is 0.0939. The van der Waals surface area contributed by atoms with Crippen molar-refractivity contribution in [3.05, 3.63) is 149 Å². The van der Waals surface area contributed by atoms with Crippen LogP contribution in [0.3, 0.4) is 0 Å². The first-order chi connectivity index (χ1) is 24.9. The van der Waals surface area contributed by atoms with Gasteiger partial charge in [-0.25, -0.2) is 0 Å². The van der Waals surface area contributed by atoms with Crippen molar-refractivity contribution >= 4 is 49.9 Å². The molecule has 0 bridgehead atoms. The van der Waals surface area contributed by atoms with Crippen molar-refractivity contribution in [1.82, 2.24) is 9.97 Å². The van der Waals surface area contributed by atoms with Gasteiger partial charge in [0, 0.05) is 64.3 Å². The van der Waals surface area contributed by atoms with Crippen LogP contribution in [-0.4, -0.2) is 20.9 Å². The van der Waals surface area contributed by atoms with E-state index in [9.17, 15) is 14.7 Å². The molecular formula is C43H34N4O4. The number of hydrogen-bond acceptors (Lipinski definition) is 8. The SMILES string of the molecule is CC(C)C(=O)c1cccc(-c2c3ccc(=O)c(CNc4cccc5cccnc45)c-3oc3c(CNc4cccc5cccnc45)c(O)ccc23)c1. The number of pyridine rings is 2. The van der Waals surface area contributed by atoms with Crippen LogP contribution in [0.1, 0.15) is 35.3 Å². The molecule has 0 amide bonds. The van der Waals surface area contributed by atoms with Crippen molar-refractivity contribution in [3.63, 3.8) is 0 Å². The van der Waals surface area contributed by atoms with Crippen LogP contribution < -0.4 is 16.1 Å². The number of hydrogen-bond donors (Lipinski definition) is 3. The van der Waals surface area contributed by atoms with Crippen LogP contribution in [0.4, 0.5) is 11.4 Å². The molecule has 2 aromatic heterocycles. The first-order valence-corrected chi connectivity index (χ1v) is 16.9. The molecule has 0 radical (unpaired) electrons. The monoisotopic (exact) mass is 670 g/mol. The number of carbonyl (C=O) groups excluding carboxylic acids is 1.